The van der Waals surface area contributed by atoms with Crippen molar-refractivity contribution in [3.63, 3.8) is 0 Å². The number of Topliss-reactive ketones (excluding diaryl/α,β-unsaturated/α-hetero) is 3. The summed E-state index contributed by atoms with van der Waals surface area (Å²) in [6, 6.07) is 13.0. The van der Waals surface area contributed by atoms with Crippen LogP contribution in [-0.4, -0.2) is 23.4 Å². The molecular weight excluding hydrogens is 334 g/mol. The lowest BCUT2D eigenvalue weighted by molar-refractivity contribution is -0.123. The largest absolute Gasteiger partial charge is 0.417 e. The van der Waals surface area contributed by atoms with Gasteiger partial charge in [-0.2, -0.15) is 0 Å². The molecule has 0 saturated heterocycles. The highest BCUT2D eigenvalue weighted by Crippen LogP contribution is 2.34. The first-order valence-corrected chi connectivity index (χ1v) is 8.19. The molecule has 0 aliphatic heterocycles. The molecule has 1 aliphatic carbocycles. The van der Waals surface area contributed by atoms with Gasteiger partial charge in [0.25, 0.3) is 0 Å². The van der Waals surface area contributed by atoms with Gasteiger partial charge in [-0.1, -0.05) is 44.2 Å². The van der Waals surface area contributed by atoms with Crippen molar-refractivity contribution in [2.24, 2.45) is 11.8 Å². The molecule has 0 aromatic heterocycles. The monoisotopic (exact) mass is 351 g/mol. The summed E-state index contributed by atoms with van der Waals surface area (Å²) in [5, 5.41) is 2.48. The third-order valence-electron chi connectivity index (χ3n) is 4.14. The lowest BCUT2D eigenvalue weighted by Crippen LogP contribution is -2.29. The molecule has 0 heterocycles. The fourth-order valence-corrected chi connectivity index (χ4v) is 2.87. The number of ether oxygens (including phenoxy) is 1. The summed E-state index contributed by atoms with van der Waals surface area (Å²) in [6.45, 7) is 3.28. The fraction of sp³-hybridized carbons (Fsp3) is 0.200. The van der Waals surface area contributed by atoms with E-state index in [4.69, 9.17) is 4.74 Å². The molecule has 1 amide bonds. The minimum absolute atomic E-state index is 0.0570. The predicted molar refractivity (Wildman–Crippen MR) is 94.5 cm³/mol. The highest BCUT2D eigenvalue weighted by molar-refractivity contribution is 6.37. The van der Waals surface area contributed by atoms with E-state index in [9.17, 15) is 19.2 Å². The standard InChI is InChI=1S/C20H17NO5/c1-11(2)17(22)16-18(23)13-9-6-10-14(15(13)19(16)24)21-20(25)26-12-7-4-3-5-8-12/h3-11,16H,1-2H3,(H,21,25). The number of carbonyl (C=O) groups is 4. The van der Waals surface area contributed by atoms with Crippen molar-refractivity contribution < 1.29 is 23.9 Å². The van der Waals surface area contributed by atoms with E-state index in [0.717, 1.165) is 0 Å². The Morgan fingerprint density at radius 3 is 2.31 bits per heavy atom. The van der Waals surface area contributed by atoms with E-state index in [-0.39, 0.29) is 16.8 Å². The highest BCUT2D eigenvalue weighted by Gasteiger charge is 2.45. The third kappa shape index (κ3) is 3.13. The molecule has 2 aromatic carbocycles. The maximum Gasteiger partial charge on any atom is 0.417 e. The average Bonchev–Trinajstić information content (AvgIpc) is 2.87. The summed E-state index contributed by atoms with van der Waals surface area (Å²) >= 11 is 0. The van der Waals surface area contributed by atoms with Crippen LogP contribution in [-0.2, 0) is 4.79 Å². The summed E-state index contributed by atoms with van der Waals surface area (Å²) in [5.41, 5.74) is 0.355. The van der Waals surface area contributed by atoms with Crippen molar-refractivity contribution in [1.29, 1.82) is 0 Å². The lowest BCUT2D eigenvalue weighted by atomic mass is 9.91. The van der Waals surface area contributed by atoms with Crippen LogP contribution in [0.5, 0.6) is 5.75 Å². The second-order valence-electron chi connectivity index (χ2n) is 6.27. The molecule has 26 heavy (non-hydrogen) atoms. The Bertz CT molecular complexity index is 902. The molecule has 0 radical (unpaired) electrons. The molecule has 0 bridgehead atoms. The molecule has 6 heteroatoms. The van der Waals surface area contributed by atoms with Gasteiger partial charge in [0.05, 0.1) is 11.3 Å². The zero-order chi connectivity index (χ0) is 18.8. The van der Waals surface area contributed by atoms with Gasteiger partial charge in [0.15, 0.2) is 17.3 Å². The lowest BCUT2D eigenvalue weighted by Gasteiger charge is -2.10. The van der Waals surface area contributed by atoms with Crippen LogP contribution in [0.1, 0.15) is 34.6 Å². The minimum atomic E-state index is -1.34. The molecule has 1 unspecified atom stereocenters. The first-order valence-electron chi connectivity index (χ1n) is 8.19. The van der Waals surface area contributed by atoms with Gasteiger partial charge in [-0.3, -0.25) is 19.7 Å². The smallest absolute Gasteiger partial charge is 0.410 e. The van der Waals surface area contributed by atoms with Crippen LogP contribution in [0.2, 0.25) is 0 Å². The minimum Gasteiger partial charge on any atom is -0.410 e. The molecule has 0 fully saturated rings. The summed E-state index contributed by atoms with van der Waals surface area (Å²) in [5.74, 6) is -2.97. The van der Waals surface area contributed by atoms with Gasteiger partial charge in [-0.15, -0.1) is 0 Å². The summed E-state index contributed by atoms with van der Waals surface area (Å²) in [7, 11) is 0. The molecule has 0 spiro atoms. The normalized spacial score (nSPS) is 15.7. The number of ketones is 3. The van der Waals surface area contributed by atoms with Crippen molar-refractivity contribution in [3.05, 3.63) is 59.7 Å². The first-order chi connectivity index (χ1) is 12.4. The molecular formula is C20H17NO5. The Hall–Kier alpha value is -3.28. The maximum absolute atomic E-state index is 12.7. The fourth-order valence-electron chi connectivity index (χ4n) is 2.87. The van der Waals surface area contributed by atoms with Crippen LogP contribution in [0.4, 0.5) is 10.5 Å². The number of para-hydroxylation sites is 1. The van der Waals surface area contributed by atoms with Crippen LogP contribution in [0, 0.1) is 11.8 Å². The number of nitrogens with one attached hydrogen (secondary N) is 1. The van der Waals surface area contributed by atoms with E-state index in [1.54, 1.807) is 50.2 Å². The van der Waals surface area contributed by atoms with Crippen LogP contribution in [0.15, 0.2) is 48.5 Å². The Balaban J connectivity index is 1.87. The van der Waals surface area contributed by atoms with Gasteiger partial charge in [0.1, 0.15) is 11.7 Å². The van der Waals surface area contributed by atoms with Crippen molar-refractivity contribution in [2.45, 2.75) is 13.8 Å². The van der Waals surface area contributed by atoms with Crippen molar-refractivity contribution >= 4 is 29.1 Å². The number of anilines is 1. The number of carbonyl (C=O) groups excluding carboxylic acids is 4. The molecule has 132 valence electrons. The molecule has 6 nitrogen and oxygen atoms in total. The van der Waals surface area contributed by atoms with Crippen molar-refractivity contribution in [1.82, 2.24) is 0 Å². The van der Waals surface area contributed by atoms with E-state index < -0.39 is 35.3 Å². The number of benzene rings is 2. The van der Waals surface area contributed by atoms with Crippen molar-refractivity contribution in [2.75, 3.05) is 5.32 Å². The van der Waals surface area contributed by atoms with Crippen LogP contribution < -0.4 is 10.1 Å². The Kier molecular flexibility index (Phi) is 4.67. The van der Waals surface area contributed by atoms with Crippen LogP contribution in [0.3, 0.4) is 0 Å². The SMILES string of the molecule is CC(C)C(=O)C1C(=O)c2cccc(NC(=O)Oc3ccccc3)c2C1=O. The molecule has 2 aromatic rings. The molecule has 1 aliphatic rings. The van der Waals surface area contributed by atoms with E-state index >= 15 is 0 Å². The van der Waals surface area contributed by atoms with Crippen LogP contribution >= 0.6 is 0 Å². The van der Waals surface area contributed by atoms with Gasteiger partial charge in [-0.05, 0) is 18.2 Å². The number of hydrogen-bond acceptors (Lipinski definition) is 5. The van der Waals surface area contributed by atoms with Crippen molar-refractivity contribution in [3.8, 4) is 5.75 Å². The van der Waals surface area contributed by atoms with Gasteiger partial charge >= 0.3 is 6.09 Å². The summed E-state index contributed by atoms with van der Waals surface area (Å²) in [6.07, 6.45) is -0.788. The van der Waals surface area contributed by atoms with E-state index in [2.05, 4.69) is 5.32 Å². The van der Waals surface area contributed by atoms with E-state index in [0.29, 0.717) is 5.75 Å². The molecule has 1 N–H and O–H groups in total. The zero-order valence-corrected chi connectivity index (χ0v) is 14.3. The number of fused-ring (bicyclic) bond motifs is 1. The average molecular weight is 351 g/mol. The molecule has 0 saturated carbocycles. The van der Waals surface area contributed by atoms with E-state index in [1.807, 2.05) is 0 Å². The second kappa shape index (κ2) is 6.92. The predicted octanol–water partition coefficient (Wildman–Crippen LogP) is 3.52. The van der Waals surface area contributed by atoms with Gasteiger partial charge in [0.2, 0.25) is 0 Å². The quantitative estimate of drug-likeness (QED) is 0.851. The number of hydrogen-bond donors (Lipinski definition) is 1. The Labute approximate surface area is 150 Å². The Morgan fingerprint density at radius 1 is 0.962 bits per heavy atom. The third-order valence-corrected chi connectivity index (χ3v) is 4.14. The maximum atomic E-state index is 12.7. The zero-order valence-electron chi connectivity index (χ0n) is 14.3. The second-order valence-corrected chi connectivity index (χ2v) is 6.27. The first kappa shape index (κ1) is 17.5. The van der Waals surface area contributed by atoms with Crippen LogP contribution in [0.25, 0.3) is 0 Å². The number of rotatable bonds is 4. The molecule has 3 rings (SSSR count). The summed E-state index contributed by atoms with van der Waals surface area (Å²) < 4.78 is 5.14. The summed E-state index contributed by atoms with van der Waals surface area (Å²) in [4.78, 5) is 49.5. The van der Waals surface area contributed by atoms with E-state index in [1.165, 1.54) is 12.1 Å². The van der Waals surface area contributed by atoms with Gasteiger partial charge in [0, 0.05) is 11.5 Å². The molecule has 1 atom stereocenters. The van der Waals surface area contributed by atoms with Gasteiger partial charge in [-0.25, -0.2) is 4.79 Å². The topological polar surface area (TPSA) is 89.5 Å². The highest BCUT2D eigenvalue weighted by atomic mass is 16.6. The number of amides is 1. The van der Waals surface area contributed by atoms with Gasteiger partial charge < -0.3 is 4.74 Å². The Morgan fingerprint density at radius 2 is 1.65 bits per heavy atom.